The van der Waals surface area contributed by atoms with Crippen LogP contribution in [0.2, 0.25) is 0 Å². The Morgan fingerprint density at radius 1 is 1.08 bits per heavy atom. The van der Waals surface area contributed by atoms with E-state index in [0.717, 1.165) is 61.5 Å². The molecule has 2 aliphatic rings. The SMILES string of the molecule is CN1CCN(c2ccc(-c3ccn4c(-c5csc(C(=O)NC(CO)C6CC6)c5)cnc4c3)cc2)CC1. The number of nitrogens with zero attached hydrogens (tertiary/aromatic N) is 4. The summed E-state index contributed by atoms with van der Waals surface area (Å²) < 4.78 is 2.06. The number of pyridine rings is 1. The van der Waals surface area contributed by atoms with Crippen molar-refractivity contribution in [1.82, 2.24) is 19.6 Å². The minimum atomic E-state index is -0.145. The summed E-state index contributed by atoms with van der Waals surface area (Å²) in [6.45, 7) is 4.31. The van der Waals surface area contributed by atoms with Crippen LogP contribution in [-0.2, 0) is 0 Å². The molecule has 6 rings (SSSR count). The zero-order valence-electron chi connectivity index (χ0n) is 20.4. The average Bonchev–Trinajstić information content (AvgIpc) is 3.48. The van der Waals surface area contributed by atoms with E-state index < -0.39 is 0 Å². The smallest absolute Gasteiger partial charge is 0.261 e. The number of aliphatic hydroxyl groups is 1. The zero-order chi connectivity index (χ0) is 24.6. The van der Waals surface area contributed by atoms with Crippen molar-refractivity contribution in [2.24, 2.45) is 5.92 Å². The van der Waals surface area contributed by atoms with E-state index in [0.29, 0.717) is 10.8 Å². The van der Waals surface area contributed by atoms with Gasteiger partial charge in [-0.25, -0.2) is 4.98 Å². The minimum absolute atomic E-state index is 0.0111. The van der Waals surface area contributed by atoms with Gasteiger partial charge in [-0.05, 0) is 67.3 Å². The molecule has 1 saturated heterocycles. The van der Waals surface area contributed by atoms with E-state index in [1.54, 1.807) is 0 Å². The second-order valence-electron chi connectivity index (χ2n) is 9.92. The first-order valence-corrected chi connectivity index (χ1v) is 13.5. The predicted molar refractivity (Wildman–Crippen MR) is 145 cm³/mol. The summed E-state index contributed by atoms with van der Waals surface area (Å²) in [5.41, 5.74) is 6.37. The van der Waals surface area contributed by atoms with Crippen molar-refractivity contribution in [3.63, 3.8) is 0 Å². The van der Waals surface area contributed by atoms with Crippen LogP contribution in [0.1, 0.15) is 22.5 Å². The van der Waals surface area contributed by atoms with Gasteiger partial charge >= 0.3 is 0 Å². The predicted octanol–water partition coefficient (Wildman–Crippen LogP) is 3.98. The second kappa shape index (κ2) is 9.69. The maximum atomic E-state index is 12.7. The molecule has 3 aromatic heterocycles. The quantitative estimate of drug-likeness (QED) is 0.401. The molecule has 4 heterocycles. The number of thiophene rings is 1. The van der Waals surface area contributed by atoms with E-state index >= 15 is 0 Å². The molecule has 4 aromatic rings. The van der Waals surface area contributed by atoms with Crippen LogP contribution in [0.15, 0.2) is 60.2 Å². The number of carbonyl (C=O) groups excluding carboxylic acids is 1. The highest BCUT2D eigenvalue weighted by Gasteiger charge is 2.32. The minimum Gasteiger partial charge on any atom is -0.394 e. The lowest BCUT2D eigenvalue weighted by atomic mass is 10.1. The van der Waals surface area contributed by atoms with E-state index in [2.05, 4.69) is 67.9 Å². The molecule has 186 valence electrons. The average molecular weight is 502 g/mol. The third-order valence-electron chi connectivity index (χ3n) is 7.41. The summed E-state index contributed by atoms with van der Waals surface area (Å²) in [5, 5.41) is 14.5. The van der Waals surface area contributed by atoms with Gasteiger partial charge in [-0.2, -0.15) is 0 Å². The van der Waals surface area contributed by atoms with Gasteiger partial charge in [0.1, 0.15) is 5.65 Å². The lowest BCUT2D eigenvalue weighted by Crippen LogP contribution is -2.44. The van der Waals surface area contributed by atoms with E-state index in [1.165, 1.54) is 22.6 Å². The number of benzene rings is 1. The number of hydrogen-bond donors (Lipinski definition) is 2. The Bertz CT molecular complexity index is 1370. The molecule has 0 radical (unpaired) electrons. The van der Waals surface area contributed by atoms with Crippen molar-refractivity contribution in [1.29, 1.82) is 0 Å². The Labute approximate surface area is 215 Å². The highest BCUT2D eigenvalue weighted by atomic mass is 32.1. The third-order valence-corrected chi connectivity index (χ3v) is 8.33. The molecule has 1 aliphatic heterocycles. The summed E-state index contributed by atoms with van der Waals surface area (Å²) in [7, 11) is 2.18. The highest BCUT2D eigenvalue weighted by Crippen LogP contribution is 2.33. The number of amides is 1. The summed E-state index contributed by atoms with van der Waals surface area (Å²) in [4.78, 5) is 22.8. The molecule has 1 aliphatic carbocycles. The Hall–Kier alpha value is -3.20. The van der Waals surface area contributed by atoms with E-state index in [1.807, 2.05) is 23.8 Å². The van der Waals surface area contributed by atoms with Crippen molar-refractivity contribution in [3.8, 4) is 22.4 Å². The van der Waals surface area contributed by atoms with E-state index in [4.69, 9.17) is 0 Å². The molecular formula is C28H31N5O2S. The molecule has 1 saturated carbocycles. The fourth-order valence-corrected chi connectivity index (χ4v) is 5.75. The summed E-state index contributed by atoms with van der Waals surface area (Å²) in [6.07, 6.45) is 6.06. The second-order valence-corrected chi connectivity index (χ2v) is 10.8. The first kappa shape index (κ1) is 23.2. The third kappa shape index (κ3) is 4.64. The summed E-state index contributed by atoms with van der Waals surface area (Å²) >= 11 is 1.42. The van der Waals surface area contributed by atoms with Gasteiger partial charge in [0.2, 0.25) is 0 Å². The van der Waals surface area contributed by atoms with Crippen molar-refractivity contribution in [2.45, 2.75) is 18.9 Å². The summed E-state index contributed by atoms with van der Waals surface area (Å²) in [6, 6.07) is 14.8. The Morgan fingerprint density at radius 2 is 1.86 bits per heavy atom. The van der Waals surface area contributed by atoms with Gasteiger partial charge < -0.3 is 20.2 Å². The van der Waals surface area contributed by atoms with Crippen molar-refractivity contribution in [3.05, 3.63) is 65.1 Å². The van der Waals surface area contributed by atoms with Gasteiger partial charge in [0.25, 0.3) is 5.91 Å². The van der Waals surface area contributed by atoms with Crippen molar-refractivity contribution in [2.75, 3.05) is 44.7 Å². The Kier molecular flexibility index (Phi) is 6.25. The standard InChI is InChI=1S/C28H31N5O2S/c1-31-10-12-32(13-11-31)23-6-4-19(5-7-23)21-8-9-33-25(16-29-27(33)15-21)22-14-26(36-18-22)28(35)30-24(17-34)20-2-3-20/h4-9,14-16,18,20,24,34H,2-3,10-13,17H2,1H3,(H,30,35). The van der Waals surface area contributed by atoms with Crippen LogP contribution in [0, 0.1) is 5.92 Å². The van der Waals surface area contributed by atoms with Crippen LogP contribution in [0.3, 0.4) is 0 Å². The molecule has 36 heavy (non-hydrogen) atoms. The molecule has 2 N–H and O–H groups in total. The monoisotopic (exact) mass is 501 g/mol. The molecule has 1 aromatic carbocycles. The number of nitrogens with one attached hydrogen (secondary N) is 1. The Balaban J connectivity index is 1.19. The first-order chi connectivity index (χ1) is 17.6. The van der Waals surface area contributed by atoms with Gasteiger partial charge in [0, 0.05) is 49.0 Å². The van der Waals surface area contributed by atoms with Crippen LogP contribution in [0.25, 0.3) is 28.0 Å². The van der Waals surface area contributed by atoms with Crippen LogP contribution < -0.4 is 10.2 Å². The normalized spacial score (nSPS) is 17.4. The largest absolute Gasteiger partial charge is 0.394 e. The number of likely N-dealkylation sites (N-methyl/N-ethyl adjacent to an activating group) is 1. The molecule has 1 atom stereocenters. The molecule has 2 fully saturated rings. The fourth-order valence-electron chi connectivity index (χ4n) is 4.94. The number of aliphatic hydroxyl groups excluding tert-OH is 1. The topological polar surface area (TPSA) is 73.1 Å². The molecule has 8 heteroatoms. The highest BCUT2D eigenvalue weighted by molar-refractivity contribution is 7.12. The number of anilines is 1. The molecule has 0 spiro atoms. The molecule has 7 nitrogen and oxygen atoms in total. The van der Waals surface area contributed by atoms with Gasteiger partial charge in [-0.15, -0.1) is 11.3 Å². The molecule has 0 bridgehead atoms. The lowest BCUT2D eigenvalue weighted by molar-refractivity contribution is 0.0912. The van der Waals surface area contributed by atoms with Gasteiger partial charge in [0.15, 0.2) is 0 Å². The number of aromatic nitrogens is 2. The van der Waals surface area contributed by atoms with Gasteiger partial charge in [0.05, 0.1) is 29.4 Å². The number of imidazole rings is 1. The maximum absolute atomic E-state index is 12.7. The number of hydrogen-bond acceptors (Lipinski definition) is 6. The molecule has 1 amide bonds. The van der Waals surface area contributed by atoms with Crippen molar-refractivity contribution < 1.29 is 9.90 Å². The Morgan fingerprint density at radius 3 is 2.58 bits per heavy atom. The fraction of sp³-hybridized carbons (Fsp3) is 0.357. The number of rotatable bonds is 7. The van der Waals surface area contributed by atoms with Crippen LogP contribution in [0.4, 0.5) is 5.69 Å². The number of piperazine rings is 1. The van der Waals surface area contributed by atoms with Crippen LogP contribution in [0.5, 0.6) is 0 Å². The van der Waals surface area contributed by atoms with Gasteiger partial charge in [-0.3, -0.25) is 9.20 Å². The molecular weight excluding hydrogens is 470 g/mol. The van der Waals surface area contributed by atoms with E-state index in [-0.39, 0.29) is 18.6 Å². The van der Waals surface area contributed by atoms with Crippen LogP contribution >= 0.6 is 11.3 Å². The number of fused-ring (bicyclic) bond motifs is 1. The van der Waals surface area contributed by atoms with Gasteiger partial charge in [-0.1, -0.05) is 12.1 Å². The van der Waals surface area contributed by atoms with E-state index in [9.17, 15) is 9.90 Å². The van der Waals surface area contributed by atoms with Crippen molar-refractivity contribution >= 4 is 28.6 Å². The number of carbonyl (C=O) groups is 1. The van der Waals surface area contributed by atoms with Crippen LogP contribution in [-0.4, -0.2) is 71.2 Å². The zero-order valence-corrected chi connectivity index (χ0v) is 21.2. The maximum Gasteiger partial charge on any atom is 0.261 e. The first-order valence-electron chi connectivity index (χ1n) is 12.6. The molecule has 1 unspecified atom stereocenters. The lowest BCUT2D eigenvalue weighted by Gasteiger charge is -2.34. The summed E-state index contributed by atoms with van der Waals surface area (Å²) in [5.74, 6) is 0.294.